The predicted octanol–water partition coefficient (Wildman–Crippen LogP) is 2.53. The average molecular weight is 244 g/mol. The summed E-state index contributed by atoms with van der Waals surface area (Å²) in [4.78, 5) is 11.7. The van der Waals surface area contributed by atoms with Gasteiger partial charge in [0.2, 0.25) is 5.91 Å². The number of ether oxygens (including phenoxy) is 1. The van der Waals surface area contributed by atoms with Crippen molar-refractivity contribution in [2.45, 2.75) is 13.5 Å². The van der Waals surface area contributed by atoms with Gasteiger partial charge in [-0.15, -0.1) is 0 Å². The second-order valence-corrected chi connectivity index (χ2v) is 3.86. The number of anilines is 1. The van der Waals surface area contributed by atoms with Gasteiger partial charge in [-0.05, 0) is 43.3 Å². The number of carbonyl (C=O) groups excluding carboxylic acids is 1. The van der Waals surface area contributed by atoms with Crippen LogP contribution < -0.4 is 10.1 Å². The Balaban J connectivity index is 1.90. The number of nitrogens with one attached hydrogen (secondary N) is 1. The van der Waals surface area contributed by atoms with Crippen LogP contribution in [0.25, 0.3) is 0 Å². The van der Waals surface area contributed by atoms with E-state index in [1.165, 1.54) is 0 Å². The molecule has 1 aromatic heterocycles. The molecule has 0 saturated heterocycles. The van der Waals surface area contributed by atoms with Crippen LogP contribution >= 0.6 is 0 Å². The molecule has 0 aliphatic rings. The molecule has 0 bridgehead atoms. The molecule has 1 aromatic carbocycles. The molecular weight excluding hydrogens is 228 g/mol. The SMILES string of the molecule is CCOc1ccc(NC(=O)Cn2cccc2)cc1. The minimum atomic E-state index is -0.0460. The van der Waals surface area contributed by atoms with Gasteiger partial charge in [0.1, 0.15) is 12.3 Å². The molecule has 18 heavy (non-hydrogen) atoms. The van der Waals surface area contributed by atoms with Crippen LogP contribution in [0.3, 0.4) is 0 Å². The Kier molecular flexibility index (Phi) is 4.02. The van der Waals surface area contributed by atoms with Gasteiger partial charge >= 0.3 is 0 Å². The van der Waals surface area contributed by atoms with E-state index in [0.717, 1.165) is 11.4 Å². The van der Waals surface area contributed by atoms with E-state index in [9.17, 15) is 4.79 Å². The first-order chi connectivity index (χ1) is 8.78. The van der Waals surface area contributed by atoms with Crippen molar-refractivity contribution in [2.24, 2.45) is 0 Å². The number of amides is 1. The van der Waals surface area contributed by atoms with Crippen molar-refractivity contribution in [1.82, 2.24) is 4.57 Å². The molecule has 1 amide bonds. The first kappa shape index (κ1) is 12.2. The Hall–Kier alpha value is -2.23. The van der Waals surface area contributed by atoms with Gasteiger partial charge in [0.15, 0.2) is 0 Å². The van der Waals surface area contributed by atoms with Gasteiger partial charge in [0, 0.05) is 18.1 Å². The molecule has 0 aliphatic heterocycles. The van der Waals surface area contributed by atoms with E-state index < -0.39 is 0 Å². The van der Waals surface area contributed by atoms with E-state index >= 15 is 0 Å². The third-order valence-electron chi connectivity index (χ3n) is 2.44. The maximum absolute atomic E-state index is 11.7. The van der Waals surface area contributed by atoms with E-state index in [-0.39, 0.29) is 5.91 Å². The summed E-state index contributed by atoms with van der Waals surface area (Å²) in [6.45, 7) is 2.90. The highest BCUT2D eigenvalue weighted by Gasteiger charge is 2.02. The van der Waals surface area contributed by atoms with E-state index in [0.29, 0.717) is 13.2 Å². The lowest BCUT2D eigenvalue weighted by Gasteiger charge is -2.07. The van der Waals surface area contributed by atoms with Crippen LogP contribution in [0.15, 0.2) is 48.8 Å². The van der Waals surface area contributed by atoms with Crippen molar-refractivity contribution in [1.29, 1.82) is 0 Å². The number of aromatic nitrogens is 1. The summed E-state index contributed by atoms with van der Waals surface area (Å²) in [5.41, 5.74) is 0.774. The van der Waals surface area contributed by atoms with E-state index in [1.807, 2.05) is 60.3 Å². The van der Waals surface area contributed by atoms with Crippen molar-refractivity contribution in [3.8, 4) is 5.75 Å². The van der Waals surface area contributed by atoms with Gasteiger partial charge in [-0.3, -0.25) is 4.79 Å². The van der Waals surface area contributed by atoms with Crippen LogP contribution in [-0.4, -0.2) is 17.1 Å². The highest BCUT2D eigenvalue weighted by Crippen LogP contribution is 2.15. The quantitative estimate of drug-likeness (QED) is 0.878. The summed E-state index contributed by atoms with van der Waals surface area (Å²) in [6, 6.07) is 11.1. The smallest absolute Gasteiger partial charge is 0.244 e. The number of hydrogen-bond acceptors (Lipinski definition) is 2. The van der Waals surface area contributed by atoms with Crippen LogP contribution in [0.5, 0.6) is 5.75 Å². The van der Waals surface area contributed by atoms with Crippen LogP contribution in [0.4, 0.5) is 5.69 Å². The zero-order valence-corrected chi connectivity index (χ0v) is 10.3. The van der Waals surface area contributed by atoms with E-state index in [1.54, 1.807) is 0 Å². The summed E-state index contributed by atoms with van der Waals surface area (Å²) in [7, 11) is 0. The van der Waals surface area contributed by atoms with Gasteiger partial charge in [-0.1, -0.05) is 0 Å². The largest absolute Gasteiger partial charge is 0.494 e. The predicted molar refractivity (Wildman–Crippen MR) is 70.7 cm³/mol. The summed E-state index contributed by atoms with van der Waals surface area (Å²) in [6.07, 6.45) is 3.72. The minimum Gasteiger partial charge on any atom is -0.494 e. The maximum atomic E-state index is 11.7. The third kappa shape index (κ3) is 3.38. The number of rotatable bonds is 5. The monoisotopic (exact) mass is 244 g/mol. The fourth-order valence-electron chi connectivity index (χ4n) is 1.64. The molecule has 0 spiro atoms. The molecule has 1 heterocycles. The number of hydrogen-bond donors (Lipinski definition) is 1. The summed E-state index contributed by atoms with van der Waals surface area (Å²) >= 11 is 0. The van der Waals surface area contributed by atoms with Crippen LogP contribution in [0.1, 0.15) is 6.92 Å². The van der Waals surface area contributed by atoms with Crippen molar-refractivity contribution in [3.05, 3.63) is 48.8 Å². The zero-order chi connectivity index (χ0) is 12.8. The second-order valence-electron chi connectivity index (χ2n) is 3.86. The van der Waals surface area contributed by atoms with Gasteiger partial charge in [-0.2, -0.15) is 0 Å². The molecule has 4 nitrogen and oxygen atoms in total. The molecule has 0 saturated carbocycles. The first-order valence-corrected chi connectivity index (χ1v) is 5.91. The normalized spacial score (nSPS) is 10.1. The fraction of sp³-hybridized carbons (Fsp3) is 0.214. The van der Waals surface area contributed by atoms with Crippen molar-refractivity contribution >= 4 is 11.6 Å². The molecule has 0 unspecified atom stereocenters. The van der Waals surface area contributed by atoms with Gasteiger partial charge in [0.05, 0.1) is 6.61 Å². The number of benzene rings is 1. The average Bonchev–Trinajstić information content (AvgIpc) is 2.84. The molecular formula is C14H16N2O2. The summed E-state index contributed by atoms with van der Waals surface area (Å²) in [5.74, 6) is 0.760. The molecule has 2 rings (SSSR count). The lowest BCUT2D eigenvalue weighted by Crippen LogP contribution is -2.17. The Labute approximate surface area is 106 Å². The molecule has 0 atom stereocenters. The Morgan fingerprint density at radius 3 is 2.50 bits per heavy atom. The topological polar surface area (TPSA) is 43.3 Å². The summed E-state index contributed by atoms with van der Waals surface area (Å²) in [5, 5.41) is 2.83. The van der Waals surface area contributed by atoms with Crippen molar-refractivity contribution < 1.29 is 9.53 Å². The number of carbonyl (C=O) groups is 1. The van der Waals surface area contributed by atoms with Gasteiger partial charge in [-0.25, -0.2) is 0 Å². The minimum absolute atomic E-state index is 0.0460. The fourth-order valence-corrected chi connectivity index (χ4v) is 1.64. The van der Waals surface area contributed by atoms with Crippen LogP contribution in [0, 0.1) is 0 Å². The molecule has 0 radical (unpaired) electrons. The Bertz CT molecular complexity index is 489. The molecule has 94 valence electrons. The lowest BCUT2D eigenvalue weighted by atomic mass is 10.3. The number of nitrogens with zero attached hydrogens (tertiary/aromatic N) is 1. The maximum Gasteiger partial charge on any atom is 0.244 e. The molecule has 4 heteroatoms. The van der Waals surface area contributed by atoms with Crippen molar-refractivity contribution in [2.75, 3.05) is 11.9 Å². The standard InChI is InChI=1S/C14H16N2O2/c1-2-18-13-7-5-12(6-8-13)15-14(17)11-16-9-3-4-10-16/h3-10H,2,11H2,1H3,(H,15,17). The summed E-state index contributed by atoms with van der Waals surface area (Å²) < 4.78 is 7.16. The van der Waals surface area contributed by atoms with E-state index in [4.69, 9.17) is 4.74 Å². The van der Waals surface area contributed by atoms with Crippen LogP contribution in [-0.2, 0) is 11.3 Å². The lowest BCUT2D eigenvalue weighted by molar-refractivity contribution is -0.116. The Morgan fingerprint density at radius 1 is 1.22 bits per heavy atom. The molecule has 1 N–H and O–H groups in total. The van der Waals surface area contributed by atoms with E-state index in [2.05, 4.69) is 5.32 Å². The highest BCUT2D eigenvalue weighted by atomic mass is 16.5. The zero-order valence-electron chi connectivity index (χ0n) is 10.3. The molecule has 0 aliphatic carbocycles. The van der Waals surface area contributed by atoms with Crippen LogP contribution in [0.2, 0.25) is 0 Å². The second kappa shape index (κ2) is 5.91. The van der Waals surface area contributed by atoms with Gasteiger partial charge < -0.3 is 14.6 Å². The third-order valence-corrected chi connectivity index (χ3v) is 2.44. The molecule has 2 aromatic rings. The first-order valence-electron chi connectivity index (χ1n) is 5.91. The molecule has 0 fully saturated rings. The van der Waals surface area contributed by atoms with Gasteiger partial charge in [0.25, 0.3) is 0 Å². The Morgan fingerprint density at radius 2 is 1.89 bits per heavy atom. The highest BCUT2D eigenvalue weighted by molar-refractivity contribution is 5.90. The van der Waals surface area contributed by atoms with Crippen molar-refractivity contribution in [3.63, 3.8) is 0 Å².